The van der Waals surface area contributed by atoms with Crippen LogP contribution in [-0.4, -0.2) is 122 Å². The number of benzene rings is 3. The molecule has 0 saturated carbocycles. The second-order valence-electron chi connectivity index (χ2n) is 18.5. The normalized spacial score (nSPS) is 20.1. The van der Waals surface area contributed by atoms with Crippen LogP contribution in [0.3, 0.4) is 0 Å². The van der Waals surface area contributed by atoms with Crippen LogP contribution in [-0.2, 0) is 42.4 Å². The number of ether oxygens (including phenoxy) is 5. The van der Waals surface area contributed by atoms with Crippen molar-refractivity contribution in [2.24, 2.45) is 0 Å². The SMILES string of the molecule is CC1=CC(C(=O)c2ccc(OCc3ccccc3)c(C)c2OCC(=O)NCCCOCCOCCOCCCNC(=O)CCCC[C@@H]2SC[C@@H]3NC(=O)N[C@@H]32)=CN2CCc3c([nH]c4ccccc34)C12C. The van der Waals surface area contributed by atoms with Crippen molar-refractivity contribution < 1.29 is 42.9 Å². The number of carbonyl (C=O) groups excluding carboxylic acids is 4. The molecule has 374 valence electrons. The van der Waals surface area contributed by atoms with Gasteiger partial charge in [0.25, 0.3) is 5.91 Å². The van der Waals surface area contributed by atoms with Gasteiger partial charge in [0.05, 0.1) is 49.6 Å². The molecule has 3 aromatic carbocycles. The minimum atomic E-state index is -0.435. The van der Waals surface area contributed by atoms with Crippen LogP contribution in [0.4, 0.5) is 4.79 Å². The van der Waals surface area contributed by atoms with Gasteiger partial charge in [-0.05, 0) is 93.9 Å². The molecular weight excluding hydrogens is 909 g/mol. The number of para-hydroxylation sites is 1. The number of ketones is 1. The van der Waals surface area contributed by atoms with Crippen LogP contribution in [0.25, 0.3) is 10.9 Å². The summed E-state index contributed by atoms with van der Waals surface area (Å²) in [7, 11) is 0. The molecule has 2 saturated heterocycles. The maximum Gasteiger partial charge on any atom is 0.315 e. The van der Waals surface area contributed by atoms with E-state index in [0.717, 1.165) is 66.7 Å². The number of thioether (sulfide) groups is 1. The molecule has 4 aromatic rings. The van der Waals surface area contributed by atoms with Crippen molar-refractivity contribution in [2.75, 3.05) is 71.6 Å². The zero-order valence-electron chi connectivity index (χ0n) is 40.7. The smallest absolute Gasteiger partial charge is 0.315 e. The van der Waals surface area contributed by atoms with Gasteiger partial charge >= 0.3 is 6.03 Å². The summed E-state index contributed by atoms with van der Waals surface area (Å²) < 4.78 is 29.4. The van der Waals surface area contributed by atoms with Gasteiger partial charge in [0, 0.05) is 84.2 Å². The minimum absolute atomic E-state index is 0.0611. The number of Topliss-reactive ketones (excluding diaryl/α,β-unsaturated/α-hetero) is 1. The van der Waals surface area contributed by atoms with E-state index in [-0.39, 0.29) is 42.3 Å². The summed E-state index contributed by atoms with van der Waals surface area (Å²) >= 11 is 1.90. The van der Waals surface area contributed by atoms with Crippen molar-refractivity contribution in [1.29, 1.82) is 0 Å². The molecule has 1 unspecified atom stereocenters. The molecule has 5 N–H and O–H groups in total. The minimum Gasteiger partial charge on any atom is -0.488 e. The van der Waals surface area contributed by atoms with Gasteiger partial charge in [-0.3, -0.25) is 14.4 Å². The molecule has 0 bridgehead atoms. The average Bonchev–Trinajstić information content (AvgIpc) is 4.06. The van der Waals surface area contributed by atoms with Crippen molar-refractivity contribution in [2.45, 2.75) is 95.2 Å². The van der Waals surface area contributed by atoms with Gasteiger partial charge in [-0.2, -0.15) is 11.8 Å². The van der Waals surface area contributed by atoms with Gasteiger partial charge in [-0.1, -0.05) is 55.0 Å². The third kappa shape index (κ3) is 12.4. The van der Waals surface area contributed by atoms with E-state index >= 15 is 0 Å². The number of nitrogens with zero attached hydrogens (tertiary/aromatic N) is 1. The summed E-state index contributed by atoms with van der Waals surface area (Å²) in [6.07, 6.45) is 9.46. The number of H-pyrrole nitrogens is 1. The molecule has 1 aromatic heterocycles. The van der Waals surface area contributed by atoms with Crippen molar-refractivity contribution in [3.05, 3.63) is 118 Å². The molecule has 70 heavy (non-hydrogen) atoms. The fourth-order valence-corrected chi connectivity index (χ4v) is 11.3. The van der Waals surface area contributed by atoms with Crippen molar-refractivity contribution in [3.8, 4) is 11.5 Å². The first kappa shape index (κ1) is 50.6. The number of carbonyl (C=O) groups is 4. The van der Waals surface area contributed by atoms with Crippen molar-refractivity contribution in [3.63, 3.8) is 0 Å². The Balaban J connectivity index is 0.714. The highest BCUT2D eigenvalue weighted by Gasteiger charge is 2.44. The molecule has 4 aliphatic rings. The van der Waals surface area contributed by atoms with Crippen LogP contribution < -0.4 is 30.7 Å². The number of aromatic amines is 1. The molecular formula is C54H68N6O9S. The first-order valence-electron chi connectivity index (χ1n) is 24.8. The number of rotatable bonds is 27. The van der Waals surface area contributed by atoms with Gasteiger partial charge in [-0.15, -0.1) is 0 Å². The Kier molecular flexibility index (Phi) is 17.6. The average molecular weight is 977 g/mol. The Morgan fingerprint density at radius 1 is 0.814 bits per heavy atom. The van der Waals surface area contributed by atoms with E-state index in [9.17, 15) is 19.2 Å². The van der Waals surface area contributed by atoms with E-state index in [2.05, 4.69) is 63.2 Å². The standard InChI is InChI=1S/C54H68N6O9S/c1-36-31-39(32-60-24-21-41-40-15-7-8-16-43(40)57-52(41)54(36,60)3)50(63)42-19-20-45(68-33-38-13-5-4-6-14-38)37(2)51(42)69-34-48(62)56-23-12-26-66-28-30-67-29-27-65-25-11-22-55-47(61)18-10-9-17-46-49-44(35-70-46)58-53(64)59-49/h4-8,13-16,19-20,31-32,44,46,49,57H,9-12,17-18,21-30,33-35H2,1-3H3,(H,55,61)(H,56,62)(H2,58,59,64)/t44-,46-,49-,54?/m0/s1. The number of nitrogens with one attached hydrogen (secondary N) is 5. The highest BCUT2D eigenvalue weighted by atomic mass is 32.2. The lowest BCUT2D eigenvalue weighted by molar-refractivity contribution is -0.123. The largest absolute Gasteiger partial charge is 0.488 e. The molecule has 4 amide bonds. The quantitative estimate of drug-likeness (QED) is 0.0235. The Morgan fingerprint density at radius 3 is 2.30 bits per heavy atom. The molecule has 4 aliphatic heterocycles. The van der Waals surface area contributed by atoms with E-state index < -0.39 is 5.54 Å². The van der Waals surface area contributed by atoms with Crippen LogP contribution in [0.2, 0.25) is 0 Å². The third-order valence-electron chi connectivity index (χ3n) is 13.8. The molecule has 4 atom stereocenters. The van der Waals surface area contributed by atoms with Gasteiger partial charge < -0.3 is 54.8 Å². The zero-order valence-corrected chi connectivity index (χ0v) is 41.5. The molecule has 15 nitrogen and oxygen atoms in total. The number of fused-ring (bicyclic) bond motifs is 6. The van der Waals surface area contributed by atoms with E-state index in [0.29, 0.717) is 106 Å². The molecule has 5 heterocycles. The monoisotopic (exact) mass is 976 g/mol. The summed E-state index contributed by atoms with van der Waals surface area (Å²) in [6, 6.07) is 22.2. The van der Waals surface area contributed by atoms with Crippen LogP contribution in [0, 0.1) is 6.92 Å². The van der Waals surface area contributed by atoms with E-state index in [1.165, 1.54) is 10.9 Å². The molecule has 2 fully saturated rings. The maximum atomic E-state index is 14.5. The molecule has 8 rings (SSSR count). The van der Waals surface area contributed by atoms with E-state index in [1.807, 2.05) is 67.4 Å². The highest BCUT2D eigenvalue weighted by Crippen LogP contribution is 2.46. The highest BCUT2D eigenvalue weighted by molar-refractivity contribution is 8.00. The Labute approximate surface area is 415 Å². The number of amides is 4. The zero-order chi connectivity index (χ0) is 48.9. The molecule has 0 aliphatic carbocycles. The third-order valence-corrected chi connectivity index (χ3v) is 15.3. The van der Waals surface area contributed by atoms with Crippen LogP contribution in [0.15, 0.2) is 90.2 Å². The second kappa shape index (κ2) is 24.3. The summed E-state index contributed by atoms with van der Waals surface area (Å²) in [4.78, 5) is 57.3. The number of hydrogen-bond donors (Lipinski definition) is 5. The number of allylic oxidation sites excluding steroid dienone is 2. The summed E-state index contributed by atoms with van der Waals surface area (Å²) in [6.45, 7) is 10.7. The number of unbranched alkanes of at least 4 members (excludes halogenated alkanes) is 1. The summed E-state index contributed by atoms with van der Waals surface area (Å²) in [5.74, 6) is 1.39. The van der Waals surface area contributed by atoms with Gasteiger partial charge in [-0.25, -0.2) is 4.79 Å². The number of urea groups is 1. The van der Waals surface area contributed by atoms with Crippen LogP contribution >= 0.6 is 11.8 Å². The molecule has 0 radical (unpaired) electrons. The second-order valence-corrected chi connectivity index (χ2v) is 19.8. The lowest BCUT2D eigenvalue weighted by atomic mass is 9.78. The van der Waals surface area contributed by atoms with Gasteiger partial charge in [0.2, 0.25) is 5.91 Å². The first-order chi connectivity index (χ1) is 34.1. The Hall–Kier alpha value is -5.81. The topological polar surface area (TPSA) is 182 Å². The summed E-state index contributed by atoms with van der Waals surface area (Å²) in [5.41, 5.74) is 6.76. The molecule has 0 spiro atoms. The van der Waals surface area contributed by atoms with Crippen molar-refractivity contribution >= 4 is 46.3 Å². The fraction of sp³-hybridized carbons (Fsp3) is 0.481. The summed E-state index contributed by atoms with van der Waals surface area (Å²) in [5, 5.41) is 13.5. The first-order valence-corrected chi connectivity index (χ1v) is 25.9. The van der Waals surface area contributed by atoms with Gasteiger partial charge in [0.15, 0.2) is 12.4 Å². The number of aromatic nitrogens is 1. The maximum absolute atomic E-state index is 14.5. The predicted octanol–water partition coefficient (Wildman–Crippen LogP) is 7.02. The fourth-order valence-electron chi connectivity index (χ4n) is 9.78. The van der Waals surface area contributed by atoms with Crippen molar-refractivity contribution in [1.82, 2.24) is 31.2 Å². The van der Waals surface area contributed by atoms with Gasteiger partial charge in [0.1, 0.15) is 18.1 Å². The Morgan fingerprint density at radius 2 is 1.53 bits per heavy atom. The number of hydrogen-bond acceptors (Lipinski definition) is 11. The van der Waals surface area contributed by atoms with Crippen LogP contribution in [0.5, 0.6) is 11.5 Å². The molecule has 16 heteroatoms. The Bertz CT molecular complexity index is 2530. The van der Waals surface area contributed by atoms with E-state index in [4.69, 9.17) is 23.7 Å². The lowest BCUT2D eigenvalue weighted by Crippen LogP contribution is -2.48. The lowest BCUT2D eigenvalue weighted by Gasteiger charge is -2.47. The predicted molar refractivity (Wildman–Crippen MR) is 271 cm³/mol. The van der Waals surface area contributed by atoms with E-state index in [1.54, 1.807) is 12.1 Å². The van der Waals surface area contributed by atoms with Crippen LogP contribution in [0.1, 0.15) is 85.1 Å².